The first kappa shape index (κ1) is 16.2. The van der Waals surface area contributed by atoms with E-state index in [0.29, 0.717) is 18.2 Å². The maximum absolute atomic E-state index is 14.1. The molecule has 1 aromatic rings. The van der Waals surface area contributed by atoms with Gasteiger partial charge in [0.05, 0.1) is 5.02 Å². The summed E-state index contributed by atoms with van der Waals surface area (Å²) < 4.78 is 14.1. The standard InChI is InChI=1S/C18H26ClFN2/c1-21(2)15-7-13-9-16(10-14(13)8-15)22(3)11-12-5-4-6-17(19)18(12)20/h4-6,13-16H,7-11H2,1-3H3/t13-,14+,15?,16?. The quantitative estimate of drug-likeness (QED) is 0.825. The second-order valence-electron chi connectivity index (χ2n) is 7.36. The van der Waals surface area contributed by atoms with Crippen LogP contribution in [0.25, 0.3) is 0 Å². The van der Waals surface area contributed by atoms with Crippen LogP contribution in [0.15, 0.2) is 18.2 Å². The van der Waals surface area contributed by atoms with Gasteiger partial charge < -0.3 is 4.90 Å². The molecule has 0 saturated heterocycles. The Morgan fingerprint density at radius 3 is 2.23 bits per heavy atom. The highest BCUT2D eigenvalue weighted by Gasteiger charge is 2.43. The van der Waals surface area contributed by atoms with Crippen molar-refractivity contribution >= 4 is 11.6 Å². The van der Waals surface area contributed by atoms with Gasteiger partial charge in [0.1, 0.15) is 5.82 Å². The Morgan fingerprint density at radius 1 is 1.05 bits per heavy atom. The fourth-order valence-corrected chi connectivity index (χ4v) is 4.60. The van der Waals surface area contributed by atoms with Crippen molar-refractivity contribution in [3.05, 3.63) is 34.6 Å². The molecule has 2 saturated carbocycles. The lowest BCUT2D eigenvalue weighted by molar-refractivity contribution is 0.210. The predicted molar refractivity (Wildman–Crippen MR) is 89.6 cm³/mol. The summed E-state index contributed by atoms with van der Waals surface area (Å²) in [5.74, 6) is 1.44. The van der Waals surface area contributed by atoms with E-state index >= 15 is 0 Å². The van der Waals surface area contributed by atoms with Gasteiger partial charge in [0, 0.05) is 24.2 Å². The summed E-state index contributed by atoms with van der Waals surface area (Å²) in [6.45, 7) is 0.646. The number of benzene rings is 1. The molecule has 22 heavy (non-hydrogen) atoms. The van der Waals surface area contributed by atoms with E-state index in [1.165, 1.54) is 25.7 Å². The summed E-state index contributed by atoms with van der Waals surface area (Å²) in [7, 11) is 6.50. The molecule has 122 valence electrons. The average Bonchev–Trinajstić information content (AvgIpc) is 3.02. The van der Waals surface area contributed by atoms with Gasteiger partial charge in [0.2, 0.25) is 0 Å². The van der Waals surface area contributed by atoms with E-state index in [-0.39, 0.29) is 10.8 Å². The van der Waals surface area contributed by atoms with Crippen LogP contribution < -0.4 is 0 Å². The summed E-state index contributed by atoms with van der Waals surface area (Å²) in [4.78, 5) is 4.69. The minimum Gasteiger partial charge on any atom is -0.306 e. The molecular weight excluding hydrogens is 299 g/mol. The first-order valence-corrected chi connectivity index (χ1v) is 8.63. The SMILES string of the molecule is CN(C)C1C[C@@H]2CC(N(C)Cc3cccc(Cl)c3F)C[C@@H]2C1. The monoisotopic (exact) mass is 324 g/mol. The van der Waals surface area contributed by atoms with Gasteiger partial charge in [-0.1, -0.05) is 23.7 Å². The van der Waals surface area contributed by atoms with Gasteiger partial charge in [0.25, 0.3) is 0 Å². The Labute approximate surface area is 138 Å². The van der Waals surface area contributed by atoms with E-state index in [1.807, 2.05) is 12.1 Å². The van der Waals surface area contributed by atoms with Crippen molar-refractivity contribution in [2.45, 2.75) is 44.3 Å². The Kier molecular flexibility index (Phi) is 4.77. The molecule has 0 bridgehead atoms. The van der Waals surface area contributed by atoms with Gasteiger partial charge in [-0.25, -0.2) is 4.39 Å². The number of hydrogen-bond acceptors (Lipinski definition) is 2. The summed E-state index contributed by atoms with van der Waals surface area (Å²) >= 11 is 5.88. The van der Waals surface area contributed by atoms with Gasteiger partial charge in [0.15, 0.2) is 0 Å². The van der Waals surface area contributed by atoms with Gasteiger partial charge in [-0.3, -0.25) is 4.90 Å². The first-order valence-electron chi connectivity index (χ1n) is 8.25. The molecule has 2 aliphatic rings. The Bertz CT molecular complexity index is 520. The van der Waals surface area contributed by atoms with Crippen LogP contribution in [0.5, 0.6) is 0 Å². The van der Waals surface area contributed by atoms with Crippen LogP contribution in [0.4, 0.5) is 4.39 Å². The zero-order chi connectivity index (χ0) is 15.9. The normalized spacial score (nSPS) is 31.2. The Balaban J connectivity index is 1.59. The molecule has 0 amide bonds. The minimum absolute atomic E-state index is 0.225. The van der Waals surface area contributed by atoms with Gasteiger partial charge in [-0.2, -0.15) is 0 Å². The molecule has 2 aliphatic carbocycles. The topological polar surface area (TPSA) is 6.48 Å². The third-order valence-corrected chi connectivity index (χ3v) is 6.06. The molecule has 1 aromatic carbocycles. The van der Waals surface area contributed by atoms with Crippen molar-refractivity contribution in [2.24, 2.45) is 11.8 Å². The van der Waals surface area contributed by atoms with E-state index < -0.39 is 0 Å². The van der Waals surface area contributed by atoms with Gasteiger partial charge in [-0.15, -0.1) is 0 Å². The van der Waals surface area contributed by atoms with Gasteiger partial charge >= 0.3 is 0 Å². The van der Waals surface area contributed by atoms with Crippen molar-refractivity contribution in [1.29, 1.82) is 0 Å². The first-order chi connectivity index (χ1) is 10.5. The molecule has 0 heterocycles. The van der Waals surface area contributed by atoms with E-state index in [9.17, 15) is 4.39 Å². The van der Waals surface area contributed by atoms with Crippen LogP contribution in [0.3, 0.4) is 0 Å². The van der Waals surface area contributed by atoms with Crippen molar-refractivity contribution < 1.29 is 4.39 Å². The fourth-order valence-electron chi connectivity index (χ4n) is 4.40. The molecule has 0 aromatic heterocycles. The molecule has 0 spiro atoms. The van der Waals surface area contributed by atoms with E-state index in [1.54, 1.807) is 6.07 Å². The van der Waals surface area contributed by atoms with E-state index in [4.69, 9.17) is 11.6 Å². The lowest BCUT2D eigenvalue weighted by Gasteiger charge is -2.27. The molecule has 4 heteroatoms. The van der Waals surface area contributed by atoms with Crippen molar-refractivity contribution in [1.82, 2.24) is 9.80 Å². The maximum atomic E-state index is 14.1. The molecule has 2 unspecified atom stereocenters. The van der Waals surface area contributed by atoms with Gasteiger partial charge in [-0.05, 0) is 64.7 Å². The summed E-state index contributed by atoms with van der Waals surface area (Å²) in [6, 6.07) is 6.62. The molecule has 3 rings (SSSR count). The minimum atomic E-state index is -0.262. The molecule has 0 radical (unpaired) electrons. The Hall–Kier alpha value is -0.640. The highest BCUT2D eigenvalue weighted by molar-refractivity contribution is 6.30. The van der Waals surface area contributed by atoms with E-state index in [0.717, 1.165) is 17.9 Å². The van der Waals surface area contributed by atoms with E-state index in [2.05, 4.69) is 30.9 Å². The smallest absolute Gasteiger partial charge is 0.146 e. The maximum Gasteiger partial charge on any atom is 0.146 e. The second-order valence-corrected chi connectivity index (χ2v) is 7.77. The third-order valence-electron chi connectivity index (χ3n) is 5.77. The lowest BCUT2D eigenvalue weighted by Crippen LogP contribution is -2.31. The molecular formula is C18H26ClFN2. The molecule has 2 fully saturated rings. The van der Waals surface area contributed by atoms with Crippen molar-refractivity contribution in [3.8, 4) is 0 Å². The number of rotatable bonds is 4. The number of nitrogens with zero attached hydrogens (tertiary/aromatic N) is 2. The second kappa shape index (κ2) is 6.46. The molecule has 2 nitrogen and oxygen atoms in total. The largest absolute Gasteiger partial charge is 0.306 e. The van der Waals surface area contributed by atoms with Crippen LogP contribution in [-0.2, 0) is 6.54 Å². The average molecular weight is 325 g/mol. The van der Waals surface area contributed by atoms with Crippen molar-refractivity contribution in [2.75, 3.05) is 21.1 Å². The Morgan fingerprint density at radius 2 is 1.64 bits per heavy atom. The van der Waals surface area contributed by atoms with Crippen LogP contribution in [0, 0.1) is 17.7 Å². The van der Waals surface area contributed by atoms with Crippen molar-refractivity contribution in [3.63, 3.8) is 0 Å². The summed E-state index contributed by atoms with van der Waals surface area (Å²) in [6.07, 6.45) is 5.17. The third kappa shape index (κ3) is 3.17. The summed E-state index contributed by atoms with van der Waals surface area (Å²) in [5.41, 5.74) is 0.707. The van der Waals surface area contributed by atoms with Crippen LogP contribution in [-0.4, -0.2) is 43.0 Å². The number of halogens is 2. The number of hydrogen-bond donors (Lipinski definition) is 0. The highest BCUT2D eigenvalue weighted by Crippen LogP contribution is 2.46. The summed E-state index contributed by atoms with van der Waals surface area (Å²) in [5, 5.41) is 0.225. The number of fused-ring (bicyclic) bond motifs is 1. The zero-order valence-electron chi connectivity index (χ0n) is 13.7. The highest BCUT2D eigenvalue weighted by atomic mass is 35.5. The fraction of sp³-hybridized carbons (Fsp3) is 0.667. The molecule has 0 N–H and O–H groups in total. The van der Waals surface area contributed by atoms with Crippen LogP contribution >= 0.6 is 11.6 Å². The molecule has 4 atom stereocenters. The zero-order valence-corrected chi connectivity index (χ0v) is 14.5. The van der Waals surface area contributed by atoms with Crippen LogP contribution in [0.1, 0.15) is 31.2 Å². The van der Waals surface area contributed by atoms with Crippen LogP contribution in [0.2, 0.25) is 5.02 Å². The lowest BCUT2D eigenvalue weighted by atomic mass is 10.0. The predicted octanol–water partition coefficient (Wildman–Crippen LogP) is 4.03. The molecule has 0 aliphatic heterocycles.